The van der Waals surface area contributed by atoms with Gasteiger partial charge in [-0.1, -0.05) is 55.5 Å². The molecule has 0 saturated heterocycles. The van der Waals surface area contributed by atoms with E-state index >= 15 is 0 Å². The largest absolute Gasteiger partial charge is 0.480 e. The molecule has 0 aliphatic rings. The van der Waals surface area contributed by atoms with Crippen molar-refractivity contribution in [1.29, 1.82) is 0 Å². The topological polar surface area (TPSA) is 84.2 Å². The number of aliphatic carboxylic acids is 1. The van der Waals surface area contributed by atoms with Crippen LogP contribution in [0.3, 0.4) is 0 Å². The Hall–Kier alpha value is -3.41. The van der Waals surface area contributed by atoms with Crippen LogP contribution in [0.4, 0.5) is 5.82 Å². The molecule has 0 spiro atoms. The summed E-state index contributed by atoms with van der Waals surface area (Å²) in [5.74, 6) is -0.913. The van der Waals surface area contributed by atoms with E-state index < -0.39 is 18.1 Å². The zero-order valence-electron chi connectivity index (χ0n) is 15.8. The molecule has 0 unspecified atom stereocenters. The van der Waals surface area contributed by atoms with Gasteiger partial charge in [0.2, 0.25) is 0 Å². The van der Waals surface area contributed by atoms with Gasteiger partial charge in [0.15, 0.2) is 5.82 Å². The highest BCUT2D eigenvalue weighted by Gasteiger charge is 2.14. The van der Waals surface area contributed by atoms with E-state index in [4.69, 9.17) is 0 Å². The molecule has 6 nitrogen and oxygen atoms in total. The Labute approximate surface area is 163 Å². The Morgan fingerprint density at radius 3 is 2.57 bits per heavy atom. The summed E-state index contributed by atoms with van der Waals surface area (Å²) >= 11 is 0. The van der Waals surface area contributed by atoms with Crippen LogP contribution in [-0.4, -0.2) is 27.2 Å². The maximum absolute atomic E-state index is 12.9. The first-order valence-electron chi connectivity index (χ1n) is 9.27. The molecular formula is C22H23N3O3. The average molecular weight is 377 g/mol. The summed E-state index contributed by atoms with van der Waals surface area (Å²) in [5, 5.41) is 12.3. The fourth-order valence-corrected chi connectivity index (χ4v) is 3.05. The molecule has 0 amide bonds. The number of benzene rings is 2. The van der Waals surface area contributed by atoms with E-state index in [9.17, 15) is 14.7 Å². The van der Waals surface area contributed by atoms with Crippen LogP contribution in [0.5, 0.6) is 0 Å². The highest BCUT2D eigenvalue weighted by molar-refractivity contribution is 5.69. The third-order valence-electron chi connectivity index (χ3n) is 4.53. The van der Waals surface area contributed by atoms with E-state index in [1.807, 2.05) is 61.5 Å². The Morgan fingerprint density at radius 1 is 1.11 bits per heavy atom. The zero-order valence-corrected chi connectivity index (χ0v) is 15.8. The lowest BCUT2D eigenvalue weighted by Gasteiger charge is -2.14. The standard InChI is InChI=1S/C22H23N3O3/c1-2-16-9-6-10-18(13-16)19-14-24-21(22(28)25(19)15-20(26)27)23-12-11-17-7-4-3-5-8-17/h3-10,13-14H,2,11-12,15H2,1H3,(H,23,24)(H,26,27). The Bertz CT molecular complexity index is 1010. The van der Waals surface area contributed by atoms with Gasteiger partial charge in [0.25, 0.3) is 5.56 Å². The molecule has 1 aromatic heterocycles. The lowest BCUT2D eigenvalue weighted by atomic mass is 10.1. The fraction of sp³-hybridized carbons (Fsp3) is 0.227. The van der Waals surface area contributed by atoms with Crippen molar-refractivity contribution in [3.8, 4) is 11.3 Å². The average Bonchev–Trinajstić information content (AvgIpc) is 2.71. The van der Waals surface area contributed by atoms with Crippen molar-refractivity contribution in [2.75, 3.05) is 11.9 Å². The van der Waals surface area contributed by atoms with Crippen LogP contribution < -0.4 is 10.9 Å². The Kier molecular flexibility index (Phi) is 6.22. The lowest BCUT2D eigenvalue weighted by Crippen LogP contribution is -2.29. The smallest absolute Gasteiger partial charge is 0.323 e. The van der Waals surface area contributed by atoms with Crippen molar-refractivity contribution in [3.05, 3.63) is 82.3 Å². The number of carboxylic acid groups (broad SMARTS) is 1. The van der Waals surface area contributed by atoms with Crippen LogP contribution in [0.2, 0.25) is 0 Å². The Balaban J connectivity index is 1.89. The molecule has 0 bridgehead atoms. The number of nitrogens with zero attached hydrogens (tertiary/aromatic N) is 2. The van der Waals surface area contributed by atoms with Gasteiger partial charge in [0.05, 0.1) is 11.9 Å². The third kappa shape index (κ3) is 4.65. The number of carboxylic acids is 1. The molecule has 0 saturated carbocycles. The quantitative estimate of drug-likeness (QED) is 0.630. The summed E-state index contributed by atoms with van der Waals surface area (Å²) in [6, 6.07) is 17.6. The molecule has 1 heterocycles. The number of aromatic nitrogens is 2. The van der Waals surface area contributed by atoms with E-state index in [1.165, 1.54) is 4.57 Å². The van der Waals surface area contributed by atoms with Crippen LogP contribution >= 0.6 is 0 Å². The van der Waals surface area contributed by atoms with Gasteiger partial charge in [-0.25, -0.2) is 4.98 Å². The summed E-state index contributed by atoms with van der Waals surface area (Å²) in [6.45, 7) is 2.16. The second-order valence-corrected chi connectivity index (χ2v) is 6.49. The van der Waals surface area contributed by atoms with Crippen molar-refractivity contribution in [2.45, 2.75) is 26.3 Å². The van der Waals surface area contributed by atoms with Crippen LogP contribution in [0.15, 0.2) is 65.6 Å². The van der Waals surface area contributed by atoms with Gasteiger partial charge in [-0.15, -0.1) is 0 Å². The minimum absolute atomic E-state index is 0.160. The lowest BCUT2D eigenvalue weighted by molar-refractivity contribution is -0.137. The highest BCUT2D eigenvalue weighted by atomic mass is 16.4. The van der Waals surface area contributed by atoms with Gasteiger partial charge < -0.3 is 10.4 Å². The van der Waals surface area contributed by atoms with Crippen molar-refractivity contribution >= 4 is 11.8 Å². The number of hydrogen-bond acceptors (Lipinski definition) is 4. The van der Waals surface area contributed by atoms with Gasteiger partial charge in [-0.3, -0.25) is 14.2 Å². The summed E-state index contributed by atoms with van der Waals surface area (Å²) in [4.78, 5) is 28.5. The fourth-order valence-electron chi connectivity index (χ4n) is 3.05. The molecule has 6 heteroatoms. The van der Waals surface area contributed by atoms with E-state index in [0.29, 0.717) is 12.2 Å². The maximum Gasteiger partial charge on any atom is 0.323 e. The van der Waals surface area contributed by atoms with Crippen LogP contribution in [0, 0.1) is 0 Å². The predicted molar refractivity (Wildman–Crippen MR) is 110 cm³/mol. The van der Waals surface area contributed by atoms with E-state index in [2.05, 4.69) is 10.3 Å². The zero-order chi connectivity index (χ0) is 19.9. The van der Waals surface area contributed by atoms with Crippen molar-refractivity contribution in [1.82, 2.24) is 9.55 Å². The molecule has 0 atom stereocenters. The van der Waals surface area contributed by atoms with Crippen molar-refractivity contribution < 1.29 is 9.90 Å². The third-order valence-corrected chi connectivity index (χ3v) is 4.53. The molecule has 0 radical (unpaired) electrons. The van der Waals surface area contributed by atoms with Crippen LogP contribution in [0.1, 0.15) is 18.1 Å². The monoisotopic (exact) mass is 377 g/mol. The number of nitrogens with one attached hydrogen (secondary N) is 1. The van der Waals surface area contributed by atoms with Gasteiger partial charge in [0, 0.05) is 12.1 Å². The van der Waals surface area contributed by atoms with E-state index in [-0.39, 0.29) is 5.82 Å². The molecule has 0 aliphatic carbocycles. The maximum atomic E-state index is 12.9. The Morgan fingerprint density at radius 2 is 1.86 bits per heavy atom. The van der Waals surface area contributed by atoms with E-state index in [1.54, 1.807) is 6.20 Å². The number of rotatable bonds is 8. The van der Waals surface area contributed by atoms with Gasteiger partial charge >= 0.3 is 5.97 Å². The summed E-state index contributed by atoms with van der Waals surface area (Å²) in [6.07, 6.45) is 3.15. The minimum atomic E-state index is -1.07. The highest BCUT2D eigenvalue weighted by Crippen LogP contribution is 2.20. The van der Waals surface area contributed by atoms with Gasteiger partial charge in [0.1, 0.15) is 6.54 Å². The molecule has 28 heavy (non-hydrogen) atoms. The minimum Gasteiger partial charge on any atom is -0.480 e. The SMILES string of the molecule is CCc1cccc(-c2cnc(NCCc3ccccc3)c(=O)n2CC(=O)O)c1. The van der Waals surface area contributed by atoms with E-state index in [0.717, 1.165) is 29.5 Å². The first kappa shape index (κ1) is 19.4. The second kappa shape index (κ2) is 8.99. The van der Waals surface area contributed by atoms with Crippen molar-refractivity contribution in [2.24, 2.45) is 0 Å². The molecular weight excluding hydrogens is 354 g/mol. The number of carbonyl (C=O) groups is 1. The summed E-state index contributed by atoms with van der Waals surface area (Å²) in [7, 11) is 0. The molecule has 144 valence electrons. The number of anilines is 1. The first-order chi connectivity index (χ1) is 13.6. The van der Waals surface area contributed by atoms with Gasteiger partial charge in [-0.05, 0) is 30.0 Å². The molecule has 3 aromatic rings. The second-order valence-electron chi connectivity index (χ2n) is 6.49. The summed E-state index contributed by atoms with van der Waals surface area (Å²) in [5.41, 5.74) is 3.10. The molecule has 0 aliphatic heterocycles. The normalized spacial score (nSPS) is 10.6. The number of aryl methyl sites for hydroxylation is 1. The van der Waals surface area contributed by atoms with Crippen LogP contribution in [-0.2, 0) is 24.2 Å². The van der Waals surface area contributed by atoms with Crippen LogP contribution in [0.25, 0.3) is 11.3 Å². The molecule has 3 rings (SSSR count). The molecule has 2 aromatic carbocycles. The number of hydrogen-bond donors (Lipinski definition) is 2. The van der Waals surface area contributed by atoms with Gasteiger partial charge in [-0.2, -0.15) is 0 Å². The first-order valence-corrected chi connectivity index (χ1v) is 9.27. The molecule has 0 fully saturated rings. The predicted octanol–water partition coefficient (Wildman–Crippen LogP) is 3.21. The molecule has 2 N–H and O–H groups in total. The summed E-state index contributed by atoms with van der Waals surface area (Å²) < 4.78 is 1.26. The van der Waals surface area contributed by atoms with Crippen molar-refractivity contribution in [3.63, 3.8) is 0 Å².